The minimum atomic E-state index is -3.71. The number of hydrogen-bond acceptors (Lipinski definition) is 7. The van der Waals surface area contributed by atoms with Crippen LogP contribution >= 0.6 is 0 Å². The van der Waals surface area contributed by atoms with E-state index in [9.17, 15) is 18.0 Å². The highest BCUT2D eigenvalue weighted by molar-refractivity contribution is 7.89. The van der Waals surface area contributed by atoms with Crippen LogP contribution in [-0.4, -0.2) is 65.1 Å². The minimum Gasteiger partial charge on any atom is -0.466 e. The summed E-state index contributed by atoms with van der Waals surface area (Å²) in [5.74, 6) is -1.45. The molecule has 2 rings (SSSR count). The molecule has 1 heterocycles. The molecule has 0 N–H and O–H groups in total. The SMILES string of the molecule is COC(=O)[C@@H](C)OC(=O)c1cc(S(=O)(=O)N(C)C)ccc1N1CCCC1. The molecule has 9 heteroatoms. The number of carbonyl (C=O) groups excluding carboxylic acids is 2. The van der Waals surface area contributed by atoms with Gasteiger partial charge in [0, 0.05) is 27.2 Å². The number of hydrogen-bond donors (Lipinski definition) is 0. The Bertz CT molecular complexity index is 784. The van der Waals surface area contributed by atoms with Crippen LogP contribution in [0.25, 0.3) is 0 Å². The van der Waals surface area contributed by atoms with Gasteiger partial charge in [-0.05, 0) is 38.0 Å². The van der Waals surface area contributed by atoms with Crippen molar-refractivity contribution in [3.8, 4) is 0 Å². The molecule has 1 aliphatic rings. The van der Waals surface area contributed by atoms with Crippen LogP contribution < -0.4 is 4.90 Å². The Hall–Kier alpha value is -2.13. The summed E-state index contributed by atoms with van der Waals surface area (Å²) in [6.07, 6.45) is 0.892. The topological polar surface area (TPSA) is 93.2 Å². The van der Waals surface area contributed by atoms with E-state index in [-0.39, 0.29) is 10.5 Å². The first-order chi connectivity index (χ1) is 12.2. The zero-order valence-corrected chi connectivity index (χ0v) is 16.2. The Labute approximate surface area is 153 Å². The van der Waals surface area contributed by atoms with Crippen molar-refractivity contribution in [2.24, 2.45) is 0 Å². The van der Waals surface area contributed by atoms with Gasteiger partial charge in [-0.3, -0.25) is 0 Å². The molecule has 0 amide bonds. The zero-order valence-electron chi connectivity index (χ0n) is 15.4. The summed E-state index contributed by atoms with van der Waals surface area (Å²) in [7, 11) is 0.329. The molecule has 0 aromatic heterocycles. The average molecular weight is 384 g/mol. The molecule has 1 aromatic rings. The van der Waals surface area contributed by atoms with Gasteiger partial charge < -0.3 is 14.4 Å². The zero-order chi connectivity index (χ0) is 19.5. The highest BCUT2D eigenvalue weighted by atomic mass is 32.2. The largest absolute Gasteiger partial charge is 0.466 e. The van der Waals surface area contributed by atoms with Gasteiger partial charge in [-0.15, -0.1) is 0 Å². The standard InChI is InChI=1S/C17H24N2O6S/c1-12(16(20)24-4)25-17(21)14-11-13(26(22,23)18(2)3)7-8-15(14)19-9-5-6-10-19/h7-8,11-12H,5-6,9-10H2,1-4H3/t12-/m1/s1. The van der Waals surface area contributed by atoms with Crippen molar-refractivity contribution in [2.45, 2.75) is 30.8 Å². The fraction of sp³-hybridized carbons (Fsp3) is 0.529. The molecule has 0 aliphatic carbocycles. The van der Waals surface area contributed by atoms with E-state index < -0.39 is 28.1 Å². The van der Waals surface area contributed by atoms with Gasteiger partial charge in [0.05, 0.1) is 23.3 Å². The lowest BCUT2D eigenvalue weighted by molar-refractivity contribution is -0.149. The van der Waals surface area contributed by atoms with E-state index in [2.05, 4.69) is 4.74 Å². The van der Waals surface area contributed by atoms with Crippen molar-refractivity contribution in [1.82, 2.24) is 4.31 Å². The molecule has 1 fully saturated rings. The van der Waals surface area contributed by atoms with Gasteiger partial charge in [-0.2, -0.15) is 0 Å². The van der Waals surface area contributed by atoms with Crippen LogP contribution in [0.2, 0.25) is 0 Å². The van der Waals surface area contributed by atoms with Gasteiger partial charge in [-0.25, -0.2) is 22.3 Å². The molecule has 1 saturated heterocycles. The maximum atomic E-state index is 12.6. The van der Waals surface area contributed by atoms with Crippen molar-refractivity contribution >= 4 is 27.6 Å². The van der Waals surface area contributed by atoms with Gasteiger partial charge in [0.15, 0.2) is 6.10 Å². The van der Waals surface area contributed by atoms with Crippen molar-refractivity contribution in [3.05, 3.63) is 23.8 Å². The van der Waals surface area contributed by atoms with E-state index in [1.54, 1.807) is 6.07 Å². The fourth-order valence-corrected chi connectivity index (χ4v) is 3.65. The smallest absolute Gasteiger partial charge is 0.346 e. The number of carbonyl (C=O) groups is 2. The third kappa shape index (κ3) is 4.16. The van der Waals surface area contributed by atoms with E-state index in [0.717, 1.165) is 30.2 Å². The first-order valence-electron chi connectivity index (χ1n) is 8.29. The highest BCUT2D eigenvalue weighted by Gasteiger charge is 2.27. The van der Waals surface area contributed by atoms with Crippen LogP contribution in [0.5, 0.6) is 0 Å². The summed E-state index contributed by atoms with van der Waals surface area (Å²) < 4.78 is 35.6. The number of benzene rings is 1. The summed E-state index contributed by atoms with van der Waals surface area (Å²) in [5.41, 5.74) is 0.716. The summed E-state index contributed by atoms with van der Waals surface area (Å²) >= 11 is 0. The molecule has 1 atom stereocenters. The van der Waals surface area contributed by atoms with E-state index in [1.165, 1.54) is 40.3 Å². The predicted molar refractivity (Wildman–Crippen MR) is 95.7 cm³/mol. The van der Waals surface area contributed by atoms with Crippen molar-refractivity contribution < 1.29 is 27.5 Å². The van der Waals surface area contributed by atoms with E-state index in [0.29, 0.717) is 5.69 Å². The number of sulfonamides is 1. The normalized spacial score (nSPS) is 15.8. The lowest BCUT2D eigenvalue weighted by atomic mass is 10.1. The predicted octanol–water partition coefficient (Wildman–Crippen LogP) is 1.26. The summed E-state index contributed by atoms with van der Waals surface area (Å²) in [4.78, 5) is 26.2. The average Bonchev–Trinajstić information content (AvgIpc) is 3.14. The van der Waals surface area contributed by atoms with Crippen molar-refractivity contribution in [2.75, 3.05) is 39.2 Å². The maximum absolute atomic E-state index is 12.6. The van der Waals surface area contributed by atoms with Crippen LogP contribution in [0.3, 0.4) is 0 Å². The molecular weight excluding hydrogens is 360 g/mol. The first kappa shape index (κ1) is 20.2. The monoisotopic (exact) mass is 384 g/mol. The summed E-state index contributed by atoms with van der Waals surface area (Å²) in [6, 6.07) is 4.39. The second kappa shape index (κ2) is 8.05. The number of ether oxygens (including phenoxy) is 2. The molecule has 26 heavy (non-hydrogen) atoms. The Morgan fingerprint density at radius 1 is 1.19 bits per heavy atom. The first-order valence-corrected chi connectivity index (χ1v) is 9.73. The molecular formula is C17H24N2O6S. The number of esters is 2. The number of anilines is 1. The second-order valence-corrected chi connectivity index (χ2v) is 8.38. The number of methoxy groups -OCH3 is 1. The molecule has 0 radical (unpaired) electrons. The Morgan fingerprint density at radius 3 is 2.35 bits per heavy atom. The fourth-order valence-electron chi connectivity index (χ4n) is 2.72. The quantitative estimate of drug-likeness (QED) is 0.682. The van der Waals surface area contributed by atoms with Crippen molar-refractivity contribution in [1.29, 1.82) is 0 Å². The van der Waals surface area contributed by atoms with E-state index >= 15 is 0 Å². The van der Waals surface area contributed by atoms with Crippen molar-refractivity contribution in [3.63, 3.8) is 0 Å². The lowest BCUT2D eigenvalue weighted by Gasteiger charge is -2.22. The molecule has 1 aromatic carbocycles. The number of rotatable bonds is 6. The van der Waals surface area contributed by atoms with Gasteiger partial charge in [0.2, 0.25) is 10.0 Å². The lowest BCUT2D eigenvalue weighted by Crippen LogP contribution is -2.28. The van der Waals surface area contributed by atoms with E-state index in [1.807, 2.05) is 4.90 Å². The van der Waals surface area contributed by atoms with Gasteiger partial charge in [0.1, 0.15) is 0 Å². The van der Waals surface area contributed by atoms with Gasteiger partial charge in [0.25, 0.3) is 0 Å². The molecule has 0 spiro atoms. The summed E-state index contributed by atoms with van der Waals surface area (Å²) in [5, 5.41) is 0. The van der Waals surface area contributed by atoms with E-state index in [4.69, 9.17) is 4.74 Å². The van der Waals surface area contributed by atoms with Crippen LogP contribution in [0.15, 0.2) is 23.1 Å². The highest BCUT2D eigenvalue weighted by Crippen LogP contribution is 2.29. The van der Waals surface area contributed by atoms with Gasteiger partial charge >= 0.3 is 11.9 Å². The molecule has 144 valence electrons. The van der Waals surface area contributed by atoms with Crippen LogP contribution in [0, 0.1) is 0 Å². The third-order valence-electron chi connectivity index (χ3n) is 4.23. The molecule has 0 bridgehead atoms. The second-order valence-electron chi connectivity index (χ2n) is 6.23. The molecule has 0 saturated carbocycles. The molecule has 8 nitrogen and oxygen atoms in total. The third-order valence-corrected chi connectivity index (χ3v) is 6.04. The van der Waals surface area contributed by atoms with Crippen LogP contribution in [0.1, 0.15) is 30.1 Å². The Morgan fingerprint density at radius 2 is 1.81 bits per heavy atom. The Balaban J connectivity index is 2.44. The summed E-state index contributed by atoms with van der Waals surface area (Å²) in [6.45, 7) is 2.94. The maximum Gasteiger partial charge on any atom is 0.346 e. The number of nitrogens with zero attached hydrogens (tertiary/aromatic N) is 2. The van der Waals surface area contributed by atoms with Gasteiger partial charge in [-0.1, -0.05) is 0 Å². The molecule has 0 unspecified atom stereocenters. The van der Waals surface area contributed by atoms with Crippen LogP contribution in [0.4, 0.5) is 5.69 Å². The Kier molecular flexibility index (Phi) is 6.25. The minimum absolute atomic E-state index is 0.0110. The van der Waals surface area contributed by atoms with Crippen LogP contribution in [-0.2, 0) is 24.3 Å². The molecule has 1 aliphatic heterocycles.